The molecule has 5 heteroatoms. The number of hydrogen-bond donors (Lipinski definition) is 1. The topological polar surface area (TPSA) is 47.0 Å². The minimum absolute atomic E-state index is 0.664. The third-order valence-corrected chi connectivity index (χ3v) is 3.03. The third-order valence-electron chi connectivity index (χ3n) is 2.36. The predicted molar refractivity (Wildman–Crippen MR) is 75.3 cm³/mol. The van der Waals surface area contributed by atoms with Crippen molar-refractivity contribution in [1.82, 2.24) is 9.36 Å². The Morgan fingerprint density at radius 3 is 3.00 bits per heavy atom. The number of nitrogens with zero attached hydrogens (tertiary/aromatic N) is 2. The Kier molecular flexibility index (Phi) is 4.52. The normalized spacial score (nSPS) is 10.3. The van der Waals surface area contributed by atoms with Crippen LogP contribution < -0.4 is 10.1 Å². The maximum Gasteiger partial charge on any atom is 0.202 e. The van der Waals surface area contributed by atoms with Gasteiger partial charge in [0.25, 0.3) is 0 Å². The summed E-state index contributed by atoms with van der Waals surface area (Å²) in [6.45, 7) is 5.69. The van der Waals surface area contributed by atoms with E-state index >= 15 is 0 Å². The lowest BCUT2D eigenvalue weighted by molar-refractivity contribution is 0.340. The molecule has 0 aliphatic carbocycles. The summed E-state index contributed by atoms with van der Waals surface area (Å²) in [6.07, 6.45) is 1.08. The van der Waals surface area contributed by atoms with Gasteiger partial charge in [0.2, 0.25) is 5.13 Å². The maximum atomic E-state index is 5.47. The van der Waals surface area contributed by atoms with Crippen LogP contribution in [0.3, 0.4) is 0 Å². The summed E-state index contributed by atoms with van der Waals surface area (Å²) in [4.78, 5) is 4.46. The van der Waals surface area contributed by atoms with Crippen LogP contribution in [0.25, 0.3) is 11.4 Å². The average Bonchev–Trinajstić information content (AvgIpc) is 2.86. The molecular weight excluding hydrogens is 246 g/mol. The highest BCUT2D eigenvalue weighted by molar-refractivity contribution is 7.09. The molecule has 0 radical (unpaired) electrons. The van der Waals surface area contributed by atoms with E-state index in [0.29, 0.717) is 6.61 Å². The maximum absolute atomic E-state index is 5.47. The summed E-state index contributed by atoms with van der Waals surface area (Å²) in [5.74, 6) is 1.60. The summed E-state index contributed by atoms with van der Waals surface area (Å²) in [5, 5.41) is 4.11. The highest BCUT2D eigenvalue weighted by Crippen LogP contribution is 2.24. The van der Waals surface area contributed by atoms with Gasteiger partial charge in [-0.1, -0.05) is 19.1 Å². The van der Waals surface area contributed by atoms with E-state index in [1.54, 1.807) is 0 Å². The van der Waals surface area contributed by atoms with Crippen molar-refractivity contribution in [3.05, 3.63) is 24.3 Å². The third kappa shape index (κ3) is 3.20. The second kappa shape index (κ2) is 6.35. The molecule has 2 rings (SSSR count). The molecule has 0 atom stereocenters. The molecule has 1 aromatic carbocycles. The lowest BCUT2D eigenvalue weighted by Gasteiger charge is -2.03. The summed E-state index contributed by atoms with van der Waals surface area (Å²) in [7, 11) is 0. The Morgan fingerprint density at radius 2 is 2.22 bits per heavy atom. The fourth-order valence-corrected chi connectivity index (χ4v) is 2.15. The van der Waals surface area contributed by atoms with Gasteiger partial charge in [-0.3, -0.25) is 0 Å². The van der Waals surface area contributed by atoms with Gasteiger partial charge in [0, 0.05) is 23.6 Å². The SMILES string of the molecule is CCCNc1nc(-c2cccc(OCC)c2)ns1. The second-order valence-corrected chi connectivity index (χ2v) is 4.56. The Labute approximate surface area is 111 Å². The van der Waals surface area contributed by atoms with Crippen LogP contribution in [0, 0.1) is 0 Å². The monoisotopic (exact) mass is 263 g/mol. The van der Waals surface area contributed by atoms with Gasteiger partial charge < -0.3 is 10.1 Å². The van der Waals surface area contributed by atoms with Crippen LogP contribution in [0.1, 0.15) is 20.3 Å². The predicted octanol–water partition coefficient (Wildman–Crippen LogP) is 3.43. The second-order valence-electron chi connectivity index (χ2n) is 3.81. The molecule has 4 nitrogen and oxygen atoms in total. The zero-order valence-corrected chi connectivity index (χ0v) is 11.5. The first-order valence-electron chi connectivity index (χ1n) is 6.14. The van der Waals surface area contributed by atoms with E-state index in [2.05, 4.69) is 21.6 Å². The number of ether oxygens (including phenoxy) is 1. The molecule has 0 aliphatic heterocycles. The molecule has 0 spiro atoms. The van der Waals surface area contributed by atoms with Gasteiger partial charge in [-0.05, 0) is 25.5 Å². The van der Waals surface area contributed by atoms with E-state index in [1.165, 1.54) is 11.5 Å². The van der Waals surface area contributed by atoms with E-state index < -0.39 is 0 Å². The standard InChI is InChI=1S/C13H17N3OS/c1-3-8-14-13-15-12(16-18-13)10-6-5-7-11(9-10)17-4-2/h5-7,9H,3-4,8H2,1-2H3,(H,14,15,16). The first kappa shape index (κ1) is 12.8. The zero-order chi connectivity index (χ0) is 12.8. The van der Waals surface area contributed by atoms with E-state index in [-0.39, 0.29) is 0 Å². The molecule has 0 saturated carbocycles. The zero-order valence-electron chi connectivity index (χ0n) is 10.6. The number of aromatic nitrogens is 2. The van der Waals surface area contributed by atoms with Crippen molar-refractivity contribution < 1.29 is 4.74 Å². The summed E-state index contributed by atoms with van der Waals surface area (Å²) in [6, 6.07) is 7.86. The minimum Gasteiger partial charge on any atom is -0.494 e. The van der Waals surface area contributed by atoms with E-state index in [1.807, 2.05) is 31.2 Å². The van der Waals surface area contributed by atoms with Crippen molar-refractivity contribution in [1.29, 1.82) is 0 Å². The van der Waals surface area contributed by atoms with Crippen molar-refractivity contribution in [3.63, 3.8) is 0 Å². The number of rotatable bonds is 6. The van der Waals surface area contributed by atoms with Crippen LogP contribution in [0.15, 0.2) is 24.3 Å². The number of hydrogen-bond acceptors (Lipinski definition) is 5. The fraction of sp³-hybridized carbons (Fsp3) is 0.385. The first-order valence-corrected chi connectivity index (χ1v) is 6.91. The van der Waals surface area contributed by atoms with Gasteiger partial charge in [0.05, 0.1) is 6.61 Å². The van der Waals surface area contributed by atoms with Crippen molar-refractivity contribution in [2.24, 2.45) is 0 Å². The molecule has 0 aliphatic rings. The molecule has 0 amide bonds. The molecule has 0 unspecified atom stereocenters. The van der Waals surface area contributed by atoms with Crippen LogP contribution >= 0.6 is 11.5 Å². The lowest BCUT2D eigenvalue weighted by Crippen LogP contribution is -1.98. The highest BCUT2D eigenvalue weighted by Gasteiger charge is 2.06. The highest BCUT2D eigenvalue weighted by atomic mass is 32.1. The largest absolute Gasteiger partial charge is 0.494 e. The van der Waals surface area contributed by atoms with E-state index in [4.69, 9.17) is 4.74 Å². The average molecular weight is 263 g/mol. The van der Waals surface area contributed by atoms with Crippen molar-refractivity contribution in [3.8, 4) is 17.1 Å². The van der Waals surface area contributed by atoms with Gasteiger partial charge in [-0.25, -0.2) is 0 Å². The van der Waals surface area contributed by atoms with Crippen LogP contribution in [-0.2, 0) is 0 Å². The molecule has 0 bridgehead atoms. The molecule has 1 aromatic heterocycles. The van der Waals surface area contributed by atoms with Gasteiger partial charge >= 0.3 is 0 Å². The Hall–Kier alpha value is -1.62. The van der Waals surface area contributed by atoms with Crippen LogP contribution in [0.5, 0.6) is 5.75 Å². The molecule has 0 saturated heterocycles. The molecule has 1 heterocycles. The van der Waals surface area contributed by atoms with Gasteiger partial charge in [0.15, 0.2) is 5.82 Å². The summed E-state index contributed by atoms with van der Waals surface area (Å²) >= 11 is 1.39. The molecule has 96 valence electrons. The van der Waals surface area contributed by atoms with Crippen molar-refractivity contribution in [2.75, 3.05) is 18.5 Å². The molecule has 18 heavy (non-hydrogen) atoms. The van der Waals surface area contributed by atoms with Crippen LogP contribution in [-0.4, -0.2) is 22.5 Å². The van der Waals surface area contributed by atoms with Crippen molar-refractivity contribution >= 4 is 16.7 Å². The Bertz CT molecular complexity index is 498. The number of anilines is 1. The van der Waals surface area contributed by atoms with Crippen LogP contribution in [0.2, 0.25) is 0 Å². The molecule has 2 aromatic rings. The molecular formula is C13H17N3OS. The fourth-order valence-electron chi connectivity index (χ4n) is 1.54. The lowest BCUT2D eigenvalue weighted by atomic mass is 10.2. The van der Waals surface area contributed by atoms with Gasteiger partial charge in [-0.2, -0.15) is 9.36 Å². The van der Waals surface area contributed by atoms with Crippen molar-refractivity contribution in [2.45, 2.75) is 20.3 Å². The number of nitrogens with one attached hydrogen (secondary N) is 1. The minimum atomic E-state index is 0.664. The quantitative estimate of drug-likeness (QED) is 0.867. The Morgan fingerprint density at radius 1 is 1.33 bits per heavy atom. The summed E-state index contributed by atoms with van der Waals surface area (Å²) in [5.41, 5.74) is 0.988. The van der Waals surface area contributed by atoms with E-state index in [0.717, 1.165) is 35.2 Å². The smallest absolute Gasteiger partial charge is 0.202 e. The van der Waals surface area contributed by atoms with E-state index in [9.17, 15) is 0 Å². The first-order chi connectivity index (χ1) is 8.83. The number of benzene rings is 1. The molecule has 0 fully saturated rings. The summed E-state index contributed by atoms with van der Waals surface area (Å²) < 4.78 is 9.82. The molecule has 1 N–H and O–H groups in total. The van der Waals surface area contributed by atoms with Gasteiger partial charge in [-0.15, -0.1) is 0 Å². The van der Waals surface area contributed by atoms with Gasteiger partial charge in [0.1, 0.15) is 5.75 Å². The Balaban J connectivity index is 2.15. The van der Waals surface area contributed by atoms with Crippen LogP contribution in [0.4, 0.5) is 5.13 Å².